The standard InChI is InChI=1S/C13H20BrClN2OS/c1-8(2)16-7-10-12(17(3)4-5-18-10)11-6-9(14)13(15)19-11/h6,8,10,12,16H,4-5,7H2,1-3H3. The maximum Gasteiger partial charge on any atom is 0.107 e. The third-order valence-corrected chi connectivity index (χ3v) is 5.83. The Hall–Kier alpha value is 0.350. The summed E-state index contributed by atoms with van der Waals surface area (Å²) in [5.74, 6) is 0. The van der Waals surface area contributed by atoms with Crippen LogP contribution in [0.5, 0.6) is 0 Å². The Labute approximate surface area is 132 Å². The number of nitrogens with zero attached hydrogens (tertiary/aromatic N) is 1. The quantitative estimate of drug-likeness (QED) is 0.881. The molecule has 0 amide bonds. The monoisotopic (exact) mass is 366 g/mol. The highest BCUT2D eigenvalue weighted by atomic mass is 79.9. The van der Waals surface area contributed by atoms with Crippen molar-refractivity contribution in [2.45, 2.75) is 32.0 Å². The first kappa shape index (κ1) is 15.7. The van der Waals surface area contributed by atoms with Gasteiger partial charge in [-0.05, 0) is 29.0 Å². The lowest BCUT2D eigenvalue weighted by Crippen LogP contribution is -2.48. The highest BCUT2D eigenvalue weighted by Gasteiger charge is 2.33. The van der Waals surface area contributed by atoms with E-state index in [0.29, 0.717) is 6.04 Å². The van der Waals surface area contributed by atoms with Gasteiger partial charge < -0.3 is 10.1 Å². The van der Waals surface area contributed by atoms with Crippen LogP contribution in [0.4, 0.5) is 0 Å². The van der Waals surface area contributed by atoms with E-state index in [4.69, 9.17) is 16.3 Å². The average molecular weight is 368 g/mol. The second-order valence-corrected chi connectivity index (χ2v) is 7.71. The fourth-order valence-electron chi connectivity index (χ4n) is 2.29. The third-order valence-electron chi connectivity index (χ3n) is 3.29. The number of thiophene rings is 1. The number of likely N-dealkylation sites (N-methyl/N-ethyl adjacent to an activating group) is 1. The Morgan fingerprint density at radius 1 is 1.63 bits per heavy atom. The molecule has 1 saturated heterocycles. The molecule has 2 atom stereocenters. The van der Waals surface area contributed by atoms with Crippen LogP contribution >= 0.6 is 38.9 Å². The number of nitrogens with one attached hydrogen (secondary N) is 1. The minimum Gasteiger partial charge on any atom is -0.374 e. The van der Waals surface area contributed by atoms with E-state index in [1.807, 2.05) is 0 Å². The van der Waals surface area contributed by atoms with Crippen LogP contribution in [0, 0.1) is 0 Å². The van der Waals surface area contributed by atoms with E-state index in [0.717, 1.165) is 28.5 Å². The molecule has 1 aliphatic heterocycles. The van der Waals surface area contributed by atoms with E-state index >= 15 is 0 Å². The molecule has 1 fully saturated rings. The molecule has 2 heterocycles. The van der Waals surface area contributed by atoms with Crippen LogP contribution in [-0.2, 0) is 4.74 Å². The Kier molecular flexibility index (Phi) is 5.69. The number of halogens is 2. The number of ether oxygens (including phenoxy) is 1. The van der Waals surface area contributed by atoms with Crippen molar-refractivity contribution >= 4 is 38.9 Å². The number of hydrogen-bond acceptors (Lipinski definition) is 4. The first-order valence-electron chi connectivity index (χ1n) is 6.49. The summed E-state index contributed by atoms with van der Waals surface area (Å²) in [6.45, 7) is 6.91. The Morgan fingerprint density at radius 2 is 2.37 bits per heavy atom. The molecule has 6 heteroatoms. The molecule has 1 aromatic heterocycles. The van der Waals surface area contributed by atoms with Crippen molar-refractivity contribution in [3.8, 4) is 0 Å². The lowest BCUT2D eigenvalue weighted by molar-refractivity contribution is -0.0608. The lowest BCUT2D eigenvalue weighted by Gasteiger charge is -2.39. The Bertz CT molecular complexity index is 407. The van der Waals surface area contributed by atoms with Gasteiger partial charge in [0.15, 0.2) is 0 Å². The van der Waals surface area contributed by atoms with Crippen molar-refractivity contribution in [1.82, 2.24) is 10.2 Å². The molecule has 1 aliphatic rings. The summed E-state index contributed by atoms with van der Waals surface area (Å²) < 4.78 is 7.74. The average Bonchev–Trinajstić information content (AvgIpc) is 2.66. The molecule has 0 radical (unpaired) electrons. The van der Waals surface area contributed by atoms with Crippen LogP contribution in [0.25, 0.3) is 0 Å². The van der Waals surface area contributed by atoms with Crippen molar-refractivity contribution in [2.24, 2.45) is 0 Å². The topological polar surface area (TPSA) is 24.5 Å². The van der Waals surface area contributed by atoms with Crippen LogP contribution in [-0.4, -0.2) is 43.8 Å². The third kappa shape index (κ3) is 3.93. The van der Waals surface area contributed by atoms with Gasteiger partial charge in [-0.2, -0.15) is 0 Å². The van der Waals surface area contributed by atoms with Crippen LogP contribution in [0.1, 0.15) is 24.8 Å². The highest BCUT2D eigenvalue weighted by Crippen LogP contribution is 2.39. The molecule has 1 aromatic rings. The summed E-state index contributed by atoms with van der Waals surface area (Å²) in [5.41, 5.74) is 0. The summed E-state index contributed by atoms with van der Waals surface area (Å²) in [6, 6.07) is 2.86. The molecule has 0 saturated carbocycles. The molecule has 0 bridgehead atoms. The van der Waals surface area contributed by atoms with E-state index in [-0.39, 0.29) is 12.1 Å². The smallest absolute Gasteiger partial charge is 0.107 e. The van der Waals surface area contributed by atoms with Crippen LogP contribution < -0.4 is 5.32 Å². The van der Waals surface area contributed by atoms with Crippen molar-refractivity contribution in [3.05, 3.63) is 19.8 Å². The summed E-state index contributed by atoms with van der Waals surface area (Å²) in [4.78, 5) is 3.61. The first-order valence-corrected chi connectivity index (χ1v) is 8.47. The van der Waals surface area contributed by atoms with E-state index in [9.17, 15) is 0 Å². The molecule has 3 nitrogen and oxygen atoms in total. The fourth-order valence-corrected chi connectivity index (χ4v) is 4.25. The van der Waals surface area contributed by atoms with E-state index in [2.05, 4.69) is 53.1 Å². The van der Waals surface area contributed by atoms with E-state index < -0.39 is 0 Å². The summed E-state index contributed by atoms with van der Waals surface area (Å²) >= 11 is 11.3. The van der Waals surface area contributed by atoms with Gasteiger partial charge in [0, 0.05) is 28.5 Å². The van der Waals surface area contributed by atoms with Gasteiger partial charge in [0.1, 0.15) is 4.34 Å². The Morgan fingerprint density at radius 3 is 2.95 bits per heavy atom. The second-order valence-electron chi connectivity index (χ2n) is 5.17. The van der Waals surface area contributed by atoms with Crippen molar-refractivity contribution < 1.29 is 4.74 Å². The van der Waals surface area contributed by atoms with E-state index in [1.165, 1.54) is 4.88 Å². The predicted molar refractivity (Wildman–Crippen MR) is 85.3 cm³/mol. The maximum atomic E-state index is 6.17. The maximum absolute atomic E-state index is 6.17. The number of hydrogen-bond donors (Lipinski definition) is 1. The molecule has 1 N–H and O–H groups in total. The largest absolute Gasteiger partial charge is 0.374 e. The minimum atomic E-state index is 0.169. The van der Waals surface area contributed by atoms with Crippen molar-refractivity contribution in [2.75, 3.05) is 26.7 Å². The minimum absolute atomic E-state index is 0.169. The molecule has 108 valence electrons. The van der Waals surface area contributed by atoms with Gasteiger partial charge in [0.05, 0.1) is 18.8 Å². The summed E-state index contributed by atoms with van der Waals surface area (Å²) in [7, 11) is 2.15. The van der Waals surface area contributed by atoms with Crippen molar-refractivity contribution in [1.29, 1.82) is 0 Å². The van der Waals surface area contributed by atoms with Gasteiger partial charge in [-0.1, -0.05) is 25.4 Å². The van der Waals surface area contributed by atoms with Gasteiger partial charge >= 0.3 is 0 Å². The van der Waals surface area contributed by atoms with Gasteiger partial charge in [-0.15, -0.1) is 11.3 Å². The molecule has 0 aromatic carbocycles. The summed E-state index contributed by atoms with van der Waals surface area (Å²) in [5, 5.41) is 3.47. The van der Waals surface area contributed by atoms with Gasteiger partial charge in [-0.25, -0.2) is 0 Å². The zero-order valence-corrected chi connectivity index (χ0v) is 14.6. The SMILES string of the molecule is CC(C)NCC1OCCN(C)C1c1cc(Br)c(Cl)s1. The molecule has 2 rings (SSSR count). The van der Waals surface area contributed by atoms with Gasteiger partial charge in [0.25, 0.3) is 0 Å². The molecule has 0 spiro atoms. The van der Waals surface area contributed by atoms with Gasteiger partial charge in [0.2, 0.25) is 0 Å². The molecule has 0 aliphatic carbocycles. The zero-order chi connectivity index (χ0) is 14.0. The van der Waals surface area contributed by atoms with Crippen LogP contribution in [0.2, 0.25) is 4.34 Å². The fraction of sp³-hybridized carbons (Fsp3) is 0.692. The van der Waals surface area contributed by atoms with E-state index in [1.54, 1.807) is 11.3 Å². The van der Waals surface area contributed by atoms with Gasteiger partial charge in [-0.3, -0.25) is 4.90 Å². The lowest BCUT2D eigenvalue weighted by atomic mass is 10.1. The number of rotatable bonds is 4. The van der Waals surface area contributed by atoms with Crippen molar-refractivity contribution in [3.63, 3.8) is 0 Å². The zero-order valence-electron chi connectivity index (χ0n) is 11.5. The molecule has 19 heavy (non-hydrogen) atoms. The summed E-state index contributed by atoms with van der Waals surface area (Å²) in [6.07, 6.45) is 0.169. The Balaban J connectivity index is 2.15. The molecular weight excluding hydrogens is 348 g/mol. The normalized spacial score (nSPS) is 25.2. The predicted octanol–water partition coefficient (Wildman–Crippen LogP) is 3.53. The highest BCUT2D eigenvalue weighted by molar-refractivity contribution is 9.10. The van der Waals surface area contributed by atoms with Crippen LogP contribution in [0.15, 0.2) is 10.5 Å². The van der Waals surface area contributed by atoms with Crippen LogP contribution in [0.3, 0.4) is 0 Å². The first-order chi connectivity index (χ1) is 8.99. The second kappa shape index (κ2) is 6.87. The molecular formula is C13H20BrClN2OS. The number of morpholine rings is 1. The molecule has 2 unspecified atom stereocenters.